The fourth-order valence-corrected chi connectivity index (χ4v) is 10.5. The zero-order valence-corrected chi connectivity index (χ0v) is 41.6. The molecule has 0 radical (unpaired) electrons. The standard InChI is InChI=1S/C64H60N2O2/c1-37-19-23-47(63(7,8)9)33-55(37)65(61-39(3)15-13-16-40(61)4)49-25-21-43-29-51-53-35-60-54(36-59(53)67-57(51)31-45(43)27-49)52-30-44-22-26-50(28-46(44)32-58(52)68-60)66(62-41(5)17-14-18-42(62)6)56-34-48(64(10,11)12)24-20-38(56)2/h13-36H,1-12H3. The van der Waals surface area contributed by atoms with Gasteiger partial charge in [-0.2, -0.15) is 0 Å². The number of rotatable bonds is 6. The molecular weight excluding hydrogens is 829 g/mol. The topological polar surface area (TPSA) is 32.8 Å². The van der Waals surface area contributed by atoms with Crippen LogP contribution in [-0.4, -0.2) is 0 Å². The number of para-hydroxylation sites is 2. The van der Waals surface area contributed by atoms with Crippen LogP contribution in [-0.2, 0) is 10.8 Å². The monoisotopic (exact) mass is 888 g/mol. The van der Waals surface area contributed by atoms with E-state index in [-0.39, 0.29) is 10.8 Å². The molecule has 0 aliphatic rings. The minimum absolute atomic E-state index is 0.0134. The Bertz CT molecular complexity index is 3550. The van der Waals surface area contributed by atoms with Crippen molar-refractivity contribution in [3.05, 3.63) is 190 Å². The van der Waals surface area contributed by atoms with Crippen LogP contribution < -0.4 is 9.80 Å². The molecule has 0 fully saturated rings. The van der Waals surface area contributed by atoms with Gasteiger partial charge in [0.15, 0.2) is 0 Å². The first-order valence-electron chi connectivity index (χ1n) is 24.1. The highest BCUT2D eigenvalue weighted by Crippen LogP contribution is 2.46. The van der Waals surface area contributed by atoms with Crippen molar-refractivity contribution >= 4 is 99.5 Å². The van der Waals surface area contributed by atoms with Crippen molar-refractivity contribution in [3.8, 4) is 0 Å². The van der Waals surface area contributed by atoms with E-state index in [1.165, 1.54) is 67.3 Å². The largest absolute Gasteiger partial charge is 0.456 e. The molecule has 4 heteroatoms. The maximum atomic E-state index is 6.78. The second-order valence-electron chi connectivity index (χ2n) is 21.5. The summed E-state index contributed by atoms with van der Waals surface area (Å²) >= 11 is 0. The number of hydrogen-bond donors (Lipinski definition) is 0. The second-order valence-corrected chi connectivity index (χ2v) is 21.5. The lowest BCUT2D eigenvalue weighted by molar-refractivity contribution is 0.590. The van der Waals surface area contributed by atoms with Gasteiger partial charge in [-0.15, -0.1) is 0 Å². The zero-order valence-electron chi connectivity index (χ0n) is 41.6. The van der Waals surface area contributed by atoms with Gasteiger partial charge in [-0.25, -0.2) is 0 Å². The number of furan rings is 2. The molecule has 0 saturated heterocycles. The van der Waals surface area contributed by atoms with Crippen LogP contribution in [0.5, 0.6) is 0 Å². The van der Waals surface area contributed by atoms with Crippen LogP contribution in [0.25, 0.3) is 65.4 Å². The van der Waals surface area contributed by atoms with E-state index >= 15 is 0 Å². The van der Waals surface area contributed by atoms with Gasteiger partial charge in [0.1, 0.15) is 22.3 Å². The predicted octanol–water partition coefficient (Wildman–Crippen LogP) is 19.2. The molecule has 0 atom stereocenters. The van der Waals surface area contributed by atoms with E-state index in [4.69, 9.17) is 8.83 Å². The first-order valence-corrected chi connectivity index (χ1v) is 24.1. The van der Waals surface area contributed by atoms with Gasteiger partial charge in [0, 0.05) is 44.3 Å². The Kier molecular flexibility index (Phi) is 9.95. The molecule has 9 aromatic carbocycles. The van der Waals surface area contributed by atoms with Crippen molar-refractivity contribution < 1.29 is 8.83 Å². The Morgan fingerprint density at radius 2 is 0.676 bits per heavy atom. The first-order chi connectivity index (χ1) is 32.4. The third kappa shape index (κ3) is 7.20. The van der Waals surface area contributed by atoms with Crippen molar-refractivity contribution in [2.45, 2.75) is 93.9 Å². The number of fused-ring (bicyclic) bond motifs is 8. The highest BCUT2D eigenvalue weighted by molar-refractivity contribution is 6.18. The van der Waals surface area contributed by atoms with Crippen molar-refractivity contribution in [2.24, 2.45) is 0 Å². The highest BCUT2D eigenvalue weighted by Gasteiger charge is 2.25. The maximum absolute atomic E-state index is 6.78. The van der Waals surface area contributed by atoms with Crippen molar-refractivity contribution in [2.75, 3.05) is 9.80 Å². The lowest BCUT2D eigenvalue weighted by Gasteiger charge is -2.32. The van der Waals surface area contributed by atoms with E-state index < -0.39 is 0 Å². The molecule has 0 bridgehead atoms. The SMILES string of the molecule is Cc1ccc(C(C)(C)C)cc1N(c1ccc2cc3c(cc2c1)oc1cc2c(cc13)oc1cc3cc(N(c4cc(C(C)(C)C)ccc4C)c4c(C)cccc4C)ccc3cc12)c1c(C)cccc1C. The summed E-state index contributed by atoms with van der Waals surface area (Å²) in [5.41, 5.74) is 20.5. The molecule has 0 aliphatic carbocycles. The number of hydrogen-bond acceptors (Lipinski definition) is 4. The zero-order chi connectivity index (χ0) is 47.6. The van der Waals surface area contributed by atoms with Crippen LogP contribution in [0.2, 0.25) is 0 Å². The minimum atomic E-state index is 0.0134. The summed E-state index contributed by atoms with van der Waals surface area (Å²) in [5.74, 6) is 0. The summed E-state index contributed by atoms with van der Waals surface area (Å²) in [4.78, 5) is 4.91. The number of benzene rings is 9. The first kappa shape index (κ1) is 43.3. The lowest BCUT2D eigenvalue weighted by Crippen LogP contribution is -2.17. The summed E-state index contributed by atoms with van der Waals surface area (Å²) in [6.45, 7) is 27.0. The third-order valence-electron chi connectivity index (χ3n) is 14.4. The van der Waals surface area contributed by atoms with Gasteiger partial charge in [0.25, 0.3) is 0 Å². The second kappa shape index (κ2) is 15.6. The molecule has 0 saturated carbocycles. The Morgan fingerprint density at radius 1 is 0.324 bits per heavy atom. The molecule has 2 aromatic heterocycles. The molecule has 2 heterocycles. The maximum Gasteiger partial charge on any atom is 0.136 e. The molecule has 11 rings (SSSR count). The van der Waals surface area contributed by atoms with Crippen LogP contribution in [0.15, 0.2) is 154 Å². The van der Waals surface area contributed by atoms with Crippen LogP contribution in [0.3, 0.4) is 0 Å². The number of nitrogens with zero attached hydrogens (tertiary/aromatic N) is 2. The molecule has 338 valence electrons. The lowest BCUT2D eigenvalue weighted by atomic mass is 9.86. The van der Waals surface area contributed by atoms with E-state index in [0.29, 0.717) is 0 Å². The van der Waals surface area contributed by atoms with Gasteiger partial charge in [-0.1, -0.05) is 114 Å². The third-order valence-corrected chi connectivity index (χ3v) is 14.4. The molecule has 0 unspecified atom stereocenters. The van der Waals surface area contributed by atoms with Gasteiger partial charge in [0.05, 0.1) is 11.4 Å². The quantitative estimate of drug-likeness (QED) is 0.167. The van der Waals surface area contributed by atoms with Crippen LogP contribution in [0.4, 0.5) is 34.1 Å². The Labute approximate surface area is 400 Å². The molecule has 0 N–H and O–H groups in total. The Hall–Kier alpha value is -7.30. The molecule has 11 aromatic rings. The Morgan fingerprint density at radius 3 is 1.04 bits per heavy atom. The summed E-state index contributed by atoms with van der Waals surface area (Å²) in [5, 5.41) is 8.83. The summed E-state index contributed by atoms with van der Waals surface area (Å²) in [7, 11) is 0. The minimum Gasteiger partial charge on any atom is -0.456 e. The average Bonchev–Trinajstić information content (AvgIpc) is 3.81. The van der Waals surface area contributed by atoms with Gasteiger partial charge in [-0.05, 0) is 191 Å². The summed E-state index contributed by atoms with van der Waals surface area (Å²) in [6, 6.07) is 54.0. The predicted molar refractivity (Wildman–Crippen MR) is 291 cm³/mol. The van der Waals surface area contributed by atoms with Crippen molar-refractivity contribution in [3.63, 3.8) is 0 Å². The highest BCUT2D eigenvalue weighted by atomic mass is 16.3. The normalized spacial score (nSPS) is 12.4. The fourth-order valence-electron chi connectivity index (χ4n) is 10.5. The van der Waals surface area contributed by atoms with Crippen LogP contribution in [0, 0.1) is 41.5 Å². The number of anilines is 6. The van der Waals surface area contributed by atoms with Gasteiger partial charge in [-0.3, -0.25) is 0 Å². The van der Waals surface area contributed by atoms with Gasteiger partial charge >= 0.3 is 0 Å². The molecule has 0 amide bonds. The van der Waals surface area contributed by atoms with Crippen molar-refractivity contribution in [1.82, 2.24) is 0 Å². The van der Waals surface area contributed by atoms with E-state index in [1.807, 2.05) is 0 Å². The molecule has 68 heavy (non-hydrogen) atoms. The summed E-state index contributed by atoms with van der Waals surface area (Å²) in [6.07, 6.45) is 0. The Balaban J connectivity index is 1.02. The van der Waals surface area contributed by atoms with Crippen LogP contribution >= 0.6 is 0 Å². The molecular formula is C64H60N2O2. The number of aryl methyl sites for hydroxylation is 6. The van der Waals surface area contributed by atoms with Crippen LogP contribution in [0.1, 0.15) is 86.1 Å². The van der Waals surface area contributed by atoms with E-state index in [9.17, 15) is 0 Å². The smallest absolute Gasteiger partial charge is 0.136 e. The molecule has 0 spiro atoms. The van der Waals surface area contributed by atoms with Crippen molar-refractivity contribution in [1.29, 1.82) is 0 Å². The molecule has 4 nitrogen and oxygen atoms in total. The summed E-state index contributed by atoms with van der Waals surface area (Å²) < 4.78 is 13.6. The van der Waals surface area contributed by atoms with E-state index in [0.717, 1.165) is 76.8 Å². The van der Waals surface area contributed by atoms with E-state index in [1.54, 1.807) is 0 Å². The fraction of sp³-hybridized carbons (Fsp3) is 0.219. The average molecular weight is 889 g/mol. The molecule has 0 aliphatic heterocycles. The van der Waals surface area contributed by atoms with Gasteiger partial charge in [0.2, 0.25) is 0 Å². The van der Waals surface area contributed by atoms with E-state index in [2.05, 4.69) is 238 Å². The van der Waals surface area contributed by atoms with Gasteiger partial charge < -0.3 is 18.6 Å².